The predicted octanol–water partition coefficient (Wildman–Crippen LogP) is 3.53. The monoisotopic (exact) mass is 316 g/mol. The lowest BCUT2D eigenvalue weighted by Crippen LogP contribution is -2.41. The Kier molecular flexibility index (Phi) is 5.80. The van der Waals surface area contributed by atoms with Crippen LogP contribution in [-0.2, 0) is 9.59 Å². The van der Waals surface area contributed by atoms with Crippen molar-refractivity contribution in [3.05, 3.63) is 29.3 Å². The van der Waals surface area contributed by atoms with Gasteiger partial charge in [-0.3, -0.25) is 9.59 Å². The maximum atomic E-state index is 12.4. The number of nitrogens with zero attached hydrogens (tertiary/aromatic N) is 1. The summed E-state index contributed by atoms with van der Waals surface area (Å²) < 4.78 is 0. The quantitative estimate of drug-likeness (QED) is 0.924. The molecule has 0 saturated carbocycles. The summed E-state index contributed by atoms with van der Waals surface area (Å²) >= 11 is 0. The van der Waals surface area contributed by atoms with Gasteiger partial charge >= 0.3 is 0 Å². The molecular formula is C19H28N2O2. The van der Waals surface area contributed by atoms with Gasteiger partial charge in [0, 0.05) is 31.1 Å². The SMILES string of the molecule is Cc1ccc(NC(=O)C2CCN(C(=O)CC(C)C)CC2)c(C)c1. The van der Waals surface area contributed by atoms with Crippen molar-refractivity contribution in [3.8, 4) is 0 Å². The van der Waals surface area contributed by atoms with Crippen LogP contribution in [0.3, 0.4) is 0 Å². The zero-order valence-corrected chi connectivity index (χ0v) is 14.7. The number of likely N-dealkylation sites (tertiary alicyclic amines) is 1. The number of piperidine rings is 1. The molecule has 0 radical (unpaired) electrons. The molecular weight excluding hydrogens is 288 g/mol. The fourth-order valence-electron chi connectivity index (χ4n) is 3.06. The molecule has 1 aliphatic rings. The van der Waals surface area contributed by atoms with Crippen molar-refractivity contribution in [1.82, 2.24) is 4.90 Å². The second-order valence-electron chi connectivity index (χ2n) is 7.06. The van der Waals surface area contributed by atoms with Gasteiger partial charge in [-0.2, -0.15) is 0 Å². The van der Waals surface area contributed by atoms with Gasteiger partial charge in [-0.1, -0.05) is 31.5 Å². The van der Waals surface area contributed by atoms with Crippen LogP contribution in [0.2, 0.25) is 0 Å². The molecule has 4 nitrogen and oxygen atoms in total. The van der Waals surface area contributed by atoms with Crippen LogP contribution in [0.15, 0.2) is 18.2 Å². The highest BCUT2D eigenvalue weighted by molar-refractivity contribution is 5.93. The third-order valence-electron chi connectivity index (χ3n) is 4.44. The molecule has 4 heteroatoms. The molecule has 0 unspecified atom stereocenters. The number of hydrogen-bond acceptors (Lipinski definition) is 2. The summed E-state index contributed by atoms with van der Waals surface area (Å²) in [6, 6.07) is 6.04. The number of benzene rings is 1. The highest BCUT2D eigenvalue weighted by Crippen LogP contribution is 2.22. The van der Waals surface area contributed by atoms with Crippen LogP contribution in [0.1, 0.15) is 44.2 Å². The van der Waals surface area contributed by atoms with E-state index in [1.54, 1.807) is 0 Å². The molecule has 0 bridgehead atoms. The first-order chi connectivity index (χ1) is 10.9. The Labute approximate surface area is 139 Å². The molecule has 1 fully saturated rings. The molecule has 0 aromatic heterocycles. The summed E-state index contributed by atoms with van der Waals surface area (Å²) in [7, 11) is 0. The second-order valence-corrected chi connectivity index (χ2v) is 7.06. The Morgan fingerprint density at radius 1 is 1.22 bits per heavy atom. The van der Waals surface area contributed by atoms with Gasteiger partial charge in [-0.15, -0.1) is 0 Å². The Morgan fingerprint density at radius 3 is 2.43 bits per heavy atom. The van der Waals surface area contributed by atoms with Crippen LogP contribution >= 0.6 is 0 Å². The van der Waals surface area contributed by atoms with Gasteiger partial charge in [-0.25, -0.2) is 0 Å². The molecule has 0 atom stereocenters. The number of amides is 2. The first-order valence-electron chi connectivity index (χ1n) is 8.52. The molecule has 2 amide bonds. The molecule has 0 spiro atoms. The van der Waals surface area contributed by atoms with E-state index < -0.39 is 0 Å². The molecule has 2 rings (SSSR count). The van der Waals surface area contributed by atoms with Gasteiger partial charge < -0.3 is 10.2 Å². The zero-order chi connectivity index (χ0) is 17.0. The Morgan fingerprint density at radius 2 is 1.87 bits per heavy atom. The molecule has 0 aliphatic carbocycles. The van der Waals surface area contributed by atoms with E-state index in [4.69, 9.17) is 0 Å². The standard InChI is InChI=1S/C19H28N2O2/c1-13(2)11-18(22)21-9-7-16(8-10-21)19(23)20-17-6-5-14(3)12-15(17)4/h5-6,12-13,16H,7-11H2,1-4H3,(H,20,23). The van der Waals surface area contributed by atoms with E-state index in [9.17, 15) is 9.59 Å². The van der Waals surface area contributed by atoms with Gasteiger partial charge in [0.1, 0.15) is 0 Å². The van der Waals surface area contributed by atoms with Gasteiger partial charge in [0.2, 0.25) is 11.8 Å². The fraction of sp³-hybridized carbons (Fsp3) is 0.579. The van der Waals surface area contributed by atoms with Crippen LogP contribution in [0.5, 0.6) is 0 Å². The molecule has 1 heterocycles. The maximum absolute atomic E-state index is 12.4. The lowest BCUT2D eigenvalue weighted by molar-refractivity contribution is -0.135. The topological polar surface area (TPSA) is 49.4 Å². The molecule has 1 aromatic carbocycles. The third-order valence-corrected chi connectivity index (χ3v) is 4.44. The van der Waals surface area contributed by atoms with E-state index in [-0.39, 0.29) is 17.7 Å². The number of carbonyl (C=O) groups excluding carboxylic acids is 2. The summed E-state index contributed by atoms with van der Waals surface area (Å²) in [5, 5.41) is 3.04. The normalized spacial score (nSPS) is 15.8. The average Bonchev–Trinajstić information content (AvgIpc) is 2.49. The molecule has 1 N–H and O–H groups in total. The number of hydrogen-bond donors (Lipinski definition) is 1. The van der Waals surface area contributed by atoms with Crippen molar-refractivity contribution >= 4 is 17.5 Å². The highest BCUT2D eigenvalue weighted by atomic mass is 16.2. The molecule has 126 valence electrons. The average molecular weight is 316 g/mol. The van der Waals surface area contributed by atoms with Crippen molar-refractivity contribution in [3.63, 3.8) is 0 Å². The van der Waals surface area contributed by atoms with Crippen LogP contribution in [0, 0.1) is 25.7 Å². The van der Waals surface area contributed by atoms with Gasteiger partial charge in [0.15, 0.2) is 0 Å². The van der Waals surface area contributed by atoms with Gasteiger partial charge in [0.05, 0.1) is 0 Å². The number of rotatable bonds is 4. The van der Waals surface area contributed by atoms with Crippen molar-refractivity contribution in [2.24, 2.45) is 11.8 Å². The van der Waals surface area contributed by atoms with Crippen LogP contribution < -0.4 is 5.32 Å². The molecule has 23 heavy (non-hydrogen) atoms. The summed E-state index contributed by atoms with van der Waals surface area (Å²) in [6.07, 6.45) is 2.10. The summed E-state index contributed by atoms with van der Waals surface area (Å²) in [6.45, 7) is 9.55. The van der Waals surface area contributed by atoms with Crippen LogP contribution in [0.25, 0.3) is 0 Å². The number of aryl methyl sites for hydroxylation is 2. The maximum Gasteiger partial charge on any atom is 0.227 e. The van der Waals surface area contributed by atoms with E-state index in [0.29, 0.717) is 25.4 Å². The minimum Gasteiger partial charge on any atom is -0.343 e. The minimum atomic E-state index is -0.00111. The molecule has 1 saturated heterocycles. The zero-order valence-electron chi connectivity index (χ0n) is 14.7. The van der Waals surface area contributed by atoms with Crippen molar-refractivity contribution in [1.29, 1.82) is 0 Å². The largest absolute Gasteiger partial charge is 0.343 e. The second kappa shape index (κ2) is 7.62. The van der Waals surface area contributed by atoms with Crippen molar-refractivity contribution in [2.45, 2.75) is 47.0 Å². The Hall–Kier alpha value is -1.84. The third kappa shape index (κ3) is 4.81. The molecule has 1 aliphatic heterocycles. The van der Waals surface area contributed by atoms with E-state index in [0.717, 1.165) is 24.1 Å². The van der Waals surface area contributed by atoms with Crippen molar-refractivity contribution < 1.29 is 9.59 Å². The van der Waals surface area contributed by atoms with Crippen LogP contribution in [0.4, 0.5) is 5.69 Å². The fourth-order valence-corrected chi connectivity index (χ4v) is 3.06. The van der Waals surface area contributed by atoms with E-state index in [2.05, 4.69) is 25.2 Å². The highest BCUT2D eigenvalue weighted by Gasteiger charge is 2.27. The first-order valence-corrected chi connectivity index (χ1v) is 8.52. The predicted molar refractivity (Wildman–Crippen MR) is 93.3 cm³/mol. The Bertz CT molecular complexity index is 573. The smallest absolute Gasteiger partial charge is 0.227 e. The number of nitrogens with one attached hydrogen (secondary N) is 1. The molecule has 1 aromatic rings. The van der Waals surface area contributed by atoms with Gasteiger partial charge in [-0.05, 0) is 44.2 Å². The van der Waals surface area contributed by atoms with Gasteiger partial charge in [0.25, 0.3) is 0 Å². The number of carbonyl (C=O) groups is 2. The first kappa shape index (κ1) is 17.5. The summed E-state index contributed by atoms with van der Waals surface area (Å²) in [5.41, 5.74) is 3.17. The lowest BCUT2D eigenvalue weighted by atomic mass is 9.95. The number of anilines is 1. The van der Waals surface area contributed by atoms with Crippen molar-refractivity contribution in [2.75, 3.05) is 18.4 Å². The van der Waals surface area contributed by atoms with E-state index in [1.807, 2.05) is 30.9 Å². The van der Waals surface area contributed by atoms with Crippen LogP contribution in [-0.4, -0.2) is 29.8 Å². The Balaban J connectivity index is 1.87. The minimum absolute atomic E-state index is 0.00111. The summed E-state index contributed by atoms with van der Waals surface area (Å²) in [5.74, 6) is 0.674. The van der Waals surface area contributed by atoms with E-state index in [1.165, 1.54) is 5.56 Å². The van der Waals surface area contributed by atoms with E-state index >= 15 is 0 Å². The summed E-state index contributed by atoms with van der Waals surface area (Å²) in [4.78, 5) is 26.4. The lowest BCUT2D eigenvalue weighted by Gasteiger charge is -2.32.